The van der Waals surface area contributed by atoms with Gasteiger partial charge in [-0.15, -0.1) is 0 Å². The zero-order valence-corrected chi connectivity index (χ0v) is 14.4. The molecule has 0 spiro atoms. The van der Waals surface area contributed by atoms with E-state index in [0.29, 0.717) is 11.1 Å². The van der Waals surface area contributed by atoms with E-state index in [4.69, 9.17) is 15.3 Å². The molecule has 2 aromatic rings. The zero-order valence-electron chi connectivity index (χ0n) is 14.4. The fourth-order valence-corrected chi connectivity index (χ4v) is 2.17. The number of carbonyl (C=O) groups is 2. The lowest BCUT2D eigenvalue weighted by Crippen LogP contribution is -2.01. The van der Waals surface area contributed by atoms with Gasteiger partial charge < -0.3 is 30.6 Å². The fourth-order valence-electron chi connectivity index (χ4n) is 2.17. The highest BCUT2D eigenvalue weighted by Crippen LogP contribution is 2.37. The van der Waals surface area contributed by atoms with Gasteiger partial charge in [0.2, 0.25) is 5.75 Å². The van der Waals surface area contributed by atoms with E-state index in [0.717, 1.165) is 0 Å². The SMILES string of the molecule is CC(=O)Cc1ccc(O)c(O)c1O.Cc1cc(O)c(C)c(O)c1C(=O)O. The Kier molecular flexibility index (Phi) is 6.43. The minimum Gasteiger partial charge on any atom is -0.508 e. The molecular formula is C18H20O8. The number of carbonyl (C=O) groups excluding carboxylic acids is 1. The number of carboxylic acid groups (broad SMARTS) is 1. The number of Topliss-reactive ketones (excluding diaryl/α,β-unsaturated/α-hetero) is 1. The molecule has 140 valence electrons. The van der Waals surface area contributed by atoms with Crippen molar-refractivity contribution >= 4 is 11.8 Å². The minimum atomic E-state index is -1.20. The second-order valence-electron chi connectivity index (χ2n) is 5.69. The predicted molar refractivity (Wildman–Crippen MR) is 92.0 cm³/mol. The Morgan fingerprint density at radius 3 is 1.96 bits per heavy atom. The molecule has 0 aliphatic rings. The quantitative estimate of drug-likeness (QED) is 0.453. The first kappa shape index (κ1) is 20.6. The molecule has 0 aliphatic carbocycles. The summed E-state index contributed by atoms with van der Waals surface area (Å²) >= 11 is 0. The lowest BCUT2D eigenvalue weighted by atomic mass is 10.0. The Balaban J connectivity index is 0.000000260. The molecule has 0 heterocycles. The number of aromatic hydroxyl groups is 5. The maximum atomic E-state index is 10.7. The largest absolute Gasteiger partial charge is 0.508 e. The van der Waals surface area contributed by atoms with E-state index in [1.165, 1.54) is 39.0 Å². The number of phenols is 5. The molecule has 2 aromatic carbocycles. The molecule has 0 saturated carbocycles. The highest BCUT2D eigenvalue weighted by atomic mass is 16.4. The summed E-state index contributed by atoms with van der Waals surface area (Å²) in [5.74, 6) is -3.21. The lowest BCUT2D eigenvalue weighted by molar-refractivity contribution is -0.116. The van der Waals surface area contributed by atoms with Crippen LogP contribution in [0.2, 0.25) is 0 Å². The van der Waals surface area contributed by atoms with Crippen molar-refractivity contribution in [1.82, 2.24) is 0 Å². The number of hydrogen-bond acceptors (Lipinski definition) is 7. The maximum absolute atomic E-state index is 10.7. The van der Waals surface area contributed by atoms with E-state index in [2.05, 4.69) is 0 Å². The first-order valence-corrected chi connectivity index (χ1v) is 7.45. The normalized spacial score (nSPS) is 9.96. The van der Waals surface area contributed by atoms with Crippen LogP contribution >= 0.6 is 0 Å². The number of benzene rings is 2. The van der Waals surface area contributed by atoms with Crippen molar-refractivity contribution in [3.63, 3.8) is 0 Å². The van der Waals surface area contributed by atoms with Crippen molar-refractivity contribution in [2.45, 2.75) is 27.2 Å². The molecule has 0 radical (unpaired) electrons. The number of aryl methyl sites for hydroxylation is 1. The highest BCUT2D eigenvalue weighted by molar-refractivity contribution is 5.93. The van der Waals surface area contributed by atoms with Gasteiger partial charge in [0.05, 0.1) is 0 Å². The average molecular weight is 364 g/mol. The third kappa shape index (κ3) is 4.56. The maximum Gasteiger partial charge on any atom is 0.339 e. The molecular weight excluding hydrogens is 344 g/mol. The van der Waals surface area contributed by atoms with Gasteiger partial charge >= 0.3 is 5.97 Å². The van der Waals surface area contributed by atoms with Gasteiger partial charge in [0.15, 0.2) is 11.5 Å². The van der Waals surface area contributed by atoms with E-state index in [-0.39, 0.29) is 34.8 Å². The molecule has 2 rings (SSSR count). The summed E-state index contributed by atoms with van der Waals surface area (Å²) in [7, 11) is 0. The number of aromatic carboxylic acids is 1. The van der Waals surface area contributed by atoms with Gasteiger partial charge in [-0.25, -0.2) is 4.79 Å². The number of ketones is 1. The van der Waals surface area contributed by atoms with Crippen LogP contribution in [0.25, 0.3) is 0 Å². The standard InChI is InChI=1S/2C9H10O4/c1-4-3-6(10)5(2)8(11)7(4)9(12)13;1-5(10)4-6-2-3-7(11)9(13)8(6)12/h3,10-11H,1-2H3,(H,12,13);2-3,11-13H,4H2,1H3. The first-order chi connectivity index (χ1) is 12.0. The Hall–Kier alpha value is -3.42. The van der Waals surface area contributed by atoms with Crippen LogP contribution in [0.15, 0.2) is 18.2 Å². The number of phenolic OH excluding ortho intramolecular Hbond substituents is 4. The van der Waals surface area contributed by atoms with Gasteiger partial charge in [0.1, 0.15) is 22.8 Å². The molecule has 0 aromatic heterocycles. The van der Waals surface area contributed by atoms with Gasteiger partial charge in [-0.3, -0.25) is 4.79 Å². The van der Waals surface area contributed by atoms with Crippen LogP contribution in [-0.4, -0.2) is 42.4 Å². The summed E-state index contributed by atoms with van der Waals surface area (Å²) in [4.78, 5) is 21.4. The van der Waals surface area contributed by atoms with Crippen molar-refractivity contribution in [3.8, 4) is 28.7 Å². The van der Waals surface area contributed by atoms with Gasteiger partial charge in [-0.2, -0.15) is 0 Å². The topological polar surface area (TPSA) is 156 Å². The van der Waals surface area contributed by atoms with Crippen molar-refractivity contribution in [2.75, 3.05) is 0 Å². The summed E-state index contributed by atoms with van der Waals surface area (Å²) in [6.07, 6.45) is 0.0413. The van der Waals surface area contributed by atoms with E-state index >= 15 is 0 Å². The molecule has 0 aliphatic heterocycles. The van der Waals surface area contributed by atoms with Crippen molar-refractivity contribution in [1.29, 1.82) is 0 Å². The number of rotatable bonds is 3. The van der Waals surface area contributed by atoms with Crippen LogP contribution in [0, 0.1) is 13.8 Å². The molecule has 0 amide bonds. The van der Waals surface area contributed by atoms with E-state index < -0.39 is 23.2 Å². The summed E-state index contributed by atoms with van der Waals surface area (Å²) in [5, 5.41) is 54.7. The third-order valence-corrected chi connectivity index (χ3v) is 3.59. The first-order valence-electron chi connectivity index (χ1n) is 7.45. The van der Waals surface area contributed by atoms with Gasteiger partial charge in [0, 0.05) is 17.5 Å². The molecule has 6 N–H and O–H groups in total. The molecule has 0 saturated heterocycles. The van der Waals surface area contributed by atoms with E-state index in [1.807, 2.05) is 0 Å². The fraction of sp³-hybridized carbons (Fsp3) is 0.222. The third-order valence-electron chi connectivity index (χ3n) is 3.59. The molecule has 0 atom stereocenters. The monoisotopic (exact) mass is 364 g/mol. The zero-order chi connectivity index (χ0) is 20.2. The van der Waals surface area contributed by atoms with E-state index in [9.17, 15) is 24.9 Å². The number of carboxylic acids is 1. The molecule has 26 heavy (non-hydrogen) atoms. The van der Waals surface area contributed by atoms with Crippen molar-refractivity contribution < 1.29 is 40.2 Å². The van der Waals surface area contributed by atoms with Crippen LogP contribution < -0.4 is 0 Å². The second-order valence-corrected chi connectivity index (χ2v) is 5.69. The minimum absolute atomic E-state index is 0.0413. The summed E-state index contributed by atoms with van der Waals surface area (Å²) in [5.41, 5.74) is 0.675. The van der Waals surface area contributed by atoms with Crippen LogP contribution in [0.3, 0.4) is 0 Å². The van der Waals surface area contributed by atoms with Crippen LogP contribution in [0.1, 0.15) is 34.0 Å². The summed E-state index contributed by atoms with van der Waals surface area (Å²) in [6, 6.07) is 3.94. The number of hydrogen-bond donors (Lipinski definition) is 6. The molecule has 0 unspecified atom stereocenters. The average Bonchev–Trinajstić information content (AvgIpc) is 2.53. The lowest BCUT2D eigenvalue weighted by Gasteiger charge is -2.08. The smallest absolute Gasteiger partial charge is 0.339 e. The highest BCUT2D eigenvalue weighted by Gasteiger charge is 2.17. The Labute approximate surface area is 149 Å². The Morgan fingerprint density at radius 2 is 1.46 bits per heavy atom. The Morgan fingerprint density at radius 1 is 0.885 bits per heavy atom. The van der Waals surface area contributed by atoms with Gasteiger partial charge in [0.25, 0.3) is 0 Å². The summed E-state index contributed by atoms with van der Waals surface area (Å²) < 4.78 is 0. The Bertz CT molecular complexity index is 855. The second kappa shape index (κ2) is 8.11. The van der Waals surface area contributed by atoms with Gasteiger partial charge in [-0.1, -0.05) is 6.07 Å². The molecule has 0 bridgehead atoms. The van der Waals surface area contributed by atoms with Crippen LogP contribution in [-0.2, 0) is 11.2 Å². The van der Waals surface area contributed by atoms with E-state index in [1.54, 1.807) is 0 Å². The van der Waals surface area contributed by atoms with Crippen LogP contribution in [0.4, 0.5) is 0 Å². The predicted octanol–water partition coefficient (Wildman–Crippen LogP) is 2.35. The molecule has 8 nitrogen and oxygen atoms in total. The van der Waals surface area contributed by atoms with Crippen LogP contribution in [0.5, 0.6) is 28.7 Å². The van der Waals surface area contributed by atoms with Gasteiger partial charge in [-0.05, 0) is 38.5 Å². The summed E-state index contributed by atoms with van der Waals surface area (Å²) in [6.45, 7) is 4.35. The molecule has 8 heteroatoms. The molecule has 0 fully saturated rings. The van der Waals surface area contributed by atoms with Crippen molar-refractivity contribution in [2.24, 2.45) is 0 Å². The van der Waals surface area contributed by atoms with Crippen molar-refractivity contribution in [3.05, 3.63) is 40.5 Å².